The van der Waals surface area contributed by atoms with Crippen molar-refractivity contribution in [2.24, 2.45) is 0 Å². The van der Waals surface area contributed by atoms with Crippen LogP contribution in [0.4, 0.5) is 0 Å². The molecule has 1 aliphatic carbocycles. The van der Waals surface area contributed by atoms with Crippen LogP contribution in [0.3, 0.4) is 0 Å². The minimum absolute atomic E-state index is 0.409. The van der Waals surface area contributed by atoms with Crippen LogP contribution in [-0.2, 0) is 5.41 Å². The van der Waals surface area contributed by atoms with Gasteiger partial charge in [-0.25, -0.2) is 9.97 Å². The van der Waals surface area contributed by atoms with Crippen LogP contribution in [-0.4, -0.2) is 9.97 Å². The second-order valence-corrected chi connectivity index (χ2v) is 14.2. The number of aromatic nitrogens is 2. The van der Waals surface area contributed by atoms with Crippen molar-refractivity contribution in [3.8, 4) is 45.0 Å². The van der Waals surface area contributed by atoms with Gasteiger partial charge in [0.15, 0.2) is 5.82 Å². The van der Waals surface area contributed by atoms with Crippen LogP contribution in [0.15, 0.2) is 167 Å². The summed E-state index contributed by atoms with van der Waals surface area (Å²) in [5.41, 5.74) is 12.7. The molecule has 2 aliphatic rings. The molecule has 0 bridgehead atoms. The van der Waals surface area contributed by atoms with Gasteiger partial charge in [-0.05, 0) is 69.1 Å². The van der Waals surface area contributed by atoms with E-state index in [2.05, 4.69) is 133 Å². The molecule has 3 heterocycles. The van der Waals surface area contributed by atoms with Crippen LogP contribution >= 0.6 is 23.1 Å². The van der Waals surface area contributed by atoms with E-state index in [0.29, 0.717) is 0 Å². The highest BCUT2D eigenvalue weighted by Crippen LogP contribution is 2.63. The standard InChI is InChI=1S/C43H26N2S2/c1-3-11-27(12-4-1)36-26-37(45-42(44-36)28-13-5-2-6-14-28)29-19-20-34-40(25-29)47-39-18-10-9-17-33(39)43(34)32-16-8-7-15-30(32)41-31-23-24-46-38(31)22-21-35(41)43/h1-26H. The average molecular weight is 635 g/mol. The molecule has 1 unspecified atom stereocenters. The number of hydrogen-bond donors (Lipinski definition) is 0. The quantitative estimate of drug-likeness (QED) is 0.193. The van der Waals surface area contributed by atoms with E-state index in [0.717, 1.165) is 33.9 Å². The molecule has 8 aromatic rings. The number of nitrogens with zero attached hydrogens (tertiary/aromatic N) is 2. The highest BCUT2D eigenvalue weighted by molar-refractivity contribution is 7.99. The fraction of sp³-hybridized carbons (Fsp3) is 0.0233. The molecule has 10 rings (SSSR count). The first-order chi connectivity index (χ1) is 23.3. The van der Waals surface area contributed by atoms with E-state index in [1.807, 2.05) is 47.4 Å². The molecule has 0 radical (unpaired) electrons. The summed E-state index contributed by atoms with van der Waals surface area (Å²) in [5, 5.41) is 3.56. The molecular weight excluding hydrogens is 609 g/mol. The third kappa shape index (κ3) is 3.92. The van der Waals surface area contributed by atoms with Crippen LogP contribution < -0.4 is 0 Å². The van der Waals surface area contributed by atoms with Gasteiger partial charge in [0.1, 0.15) is 0 Å². The maximum absolute atomic E-state index is 5.16. The molecule has 0 saturated carbocycles. The minimum atomic E-state index is -0.409. The maximum Gasteiger partial charge on any atom is 0.160 e. The molecule has 0 N–H and O–H groups in total. The van der Waals surface area contributed by atoms with Crippen molar-refractivity contribution in [3.05, 3.63) is 179 Å². The molecule has 6 aromatic carbocycles. The Morgan fingerprint density at radius 1 is 0.468 bits per heavy atom. The van der Waals surface area contributed by atoms with E-state index in [1.165, 1.54) is 53.3 Å². The molecule has 1 spiro atoms. The number of rotatable bonds is 3. The summed E-state index contributed by atoms with van der Waals surface area (Å²) >= 11 is 3.68. The van der Waals surface area contributed by atoms with Crippen LogP contribution in [0.25, 0.3) is 55.1 Å². The molecular formula is C43H26N2S2. The van der Waals surface area contributed by atoms with Gasteiger partial charge in [0.05, 0.1) is 16.8 Å². The van der Waals surface area contributed by atoms with Gasteiger partial charge in [0.2, 0.25) is 0 Å². The molecule has 2 nitrogen and oxygen atoms in total. The fourth-order valence-electron chi connectivity index (χ4n) is 7.67. The van der Waals surface area contributed by atoms with Gasteiger partial charge in [-0.3, -0.25) is 0 Å². The molecule has 0 saturated heterocycles. The number of fused-ring (bicyclic) bond motifs is 11. The van der Waals surface area contributed by atoms with Crippen molar-refractivity contribution in [1.82, 2.24) is 9.97 Å². The topological polar surface area (TPSA) is 25.8 Å². The second kappa shape index (κ2) is 10.4. The largest absolute Gasteiger partial charge is 0.228 e. The lowest BCUT2D eigenvalue weighted by Crippen LogP contribution is -2.31. The molecule has 220 valence electrons. The van der Waals surface area contributed by atoms with Crippen LogP contribution in [0.2, 0.25) is 0 Å². The Kier molecular flexibility index (Phi) is 5.93. The van der Waals surface area contributed by atoms with Crippen LogP contribution in [0, 0.1) is 0 Å². The zero-order valence-electron chi connectivity index (χ0n) is 25.2. The Morgan fingerprint density at radius 2 is 1.13 bits per heavy atom. The Balaban J connectivity index is 1.23. The van der Waals surface area contributed by atoms with Gasteiger partial charge in [-0.1, -0.05) is 133 Å². The summed E-state index contributed by atoms with van der Waals surface area (Å²) in [4.78, 5) is 12.7. The van der Waals surface area contributed by atoms with E-state index in [9.17, 15) is 0 Å². The van der Waals surface area contributed by atoms with Crippen LogP contribution in [0.1, 0.15) is 22.3 Å². The van der Waals surface area contributed by atoms with E-state index in [-0.39, 0.29) is 0 Å². The monoisotopic (exact) mass is 634 g/mol. The van der Waals surface area contributed by atoms with Crippen molar-refractivity contribution in [3.63, 3.8) is 0 Å². The lowest BCUT2D eigenvalue weighted by molar-refractivity contribution is 0.723. The molecule has 1 atom stereocenters. The summed E-state index contributed by atoms with van der Waals surface area (Å²) in [5.74, 6) is 0.729. The van der Waals surface area contributed by atoms with Gasteiger partial charge in [-0.15, -0.1) is 11.3 Å². The lowest BCUT2D eigenvalue weighted by atomic mass is 9.67. The van der Waals surface area contributed by atoms with Crippen molar-refractivity contribution < 1.29 is 0 Å². The average Bonchev–Trinajstić information content (AvgIpc) is 3.74. The van der Waals surface area contributed by atoms with Crippen molar-refractivity contribution >= 4 is 33.2 Å². The second-order valence-electron chi connectivity index (χ2n) is 12.1. The summed E-state index contributed by atoms with van der Waals surface area (Å²) in [6.45, 7) is 0. The molecule has 47 heavy (non-hydrogen) atoms. The van der Waals surface area contributed by atoms with Crippen molar-refractivity contribution in [2.75, 3.05) is 0 Å². The number of benzene rings is 6. The van der Waals surface area contributed by atoms with Gasteiger partial charge in [0, 0.05) is 36.6 Å². The number of thiophene rings is 1. The lowest BCUT2D eigenvalue weighted by Gasteiger charge is -2.39. The van der Waals surface area contributed by atoms with E-state index in [4.69, 9.17) is 9.97 Å². The first kappa shape index (κ1) is 26.9. The first-order valence-electron chi connectivity index (χ1n) is 15.8. The zero-order valence-corrected chi connectivity index (χ0v) is 26.9. The third-order valence-corrected chi connectivity index (χ3v) is 11.7. The zero-order chi connectivity index (χ0) is 31.0. The molecule has 2 aromatic heterocycles. The van der Waals surface area contributed by atoms with Gasteiger partial charge < -0.3 is 0 Å². The predicted molar refractivity (Wildman–Crippen MR) is 195 cm³/mol. The Bertz CT molecular complexity index is 2440. The van der Waals surface area contributed by atoms with Crippen LogP contribution in [0.5, 0.6) is 0 Å². The maximum atomic E-state index is 5.16. The molecule has 4 heteroatoms. The normalized spacial score (nSPS) is 15.7. The van der Waals surface area contributed by atoms with E-state index < -0.39 is 5.41 Å². The fourth-order valence-corrected chi connectivity index (χ4v) is 9.70. The molecule has 0 amide bonds. The minimum Gasteiger partial charge on any atom is -0.228 e. The van der Waals surface area contributed by atoms with Gasteiger partial charge >= 0.3 is 0 Å². The number of hydrogen-bond acceptors (Lipinski definition) is 4. The van der Waals surface area contributed by atoms with E-state index in [1.54, 1.807) is 0 Å². The van der Waals surface area contributed by atoms with Crippen molar-refractivity contribution in [1.29, 1.82) is 0 Å². The summed E-state index contributed by atoms with van der Waals surface area (Å²) < 4.78 is 1.33. The van der Waals surface area contributed by atoms with Gasteiger partial charge in [-0.2, -0.15) is 0 Å². The summed E-state index contributed by atoms with van der Waals surface area (Å²) in [6, 6.07) is 54.8. The van der Waals surface area contributed by atoms with Gasteiger partial charge in [0.25, 0.3) is 0 Å². The highest BCUT2D eigenvalue weighted by Gasteiger charge is 2.50. The van der Waals surface area contributed by atoms with Crippen molar-refractivity contribution in [2.45, 2.75) is 15.2 Å². The summed E-state index contributed by atoms with van der Waals surface area (Å²) in [7, 11) is 0. The first-order valence-corrected chi connectivity index (χ1v) is 17.5. The SMILES string of the molecule is c1ccc(-c2cc(-c3ccc4c(c3)Sc3ccccc3C43c4ccccc4-c4c3ccc3sccc43)nc(-c3ccccc3)n2)cc1. The Morgan fingerprint density at radius 3 is 1.96 bits per heavy atom. The highest BCUT2D eigenvalue weighted by atomic mass is 32.2. The van der Waals surface area contributed by atoms with E-state index >= 15 is 0 Å². The Hall–Kier alpha value is -5.29. The summed E-state index contributed by atoms with van der Waals surface area (Å²) in [6.07, 6.45) is 0. The smallest absolute Gasteiger partial charge is 0.160 e. The molecule has 1 aliphatic heterocycles. The third-order valence-electron chi connectivity index (χ3n) is 9.66. The predicted octanol–water partition coefficient (Wildman–Crippen LogP) is 11.5. The molecule has 0 fully saturated rings. The Labute approximate surface area is 281 Å².